The Morgan fingerprint density at radius 3 is 1.82 bits per heavy atom. The van der Waals surface area contributed by atoms with E-state index in [1.165, 1.54) is 0 Å². The van der Waals surface area contributed by atoms with E-state index in [4.69, 9.17) is 9.47 Å². The molecule has 0 bridgehead atoms. The van der Waals surface area contributed by atoms with Crippen LogP contribution in [0, 0.1) is 0 Å². The molecule has 0 saturated heterocycles. The normalized spacial score (nSPS) is 10.0. The van der Waals surface area contributed by atoms with Crippen molar-refractivity contribution in [3.63, 3.8) is 0 Å². The van der Waals surface area contributed by atoms with Gasteiger partial charge in [0.1, 0.15) is 11.5 Å². The average molecular weight is 289 g/mol. The Bertz CT molecular complexity index is 752. The Morgan fingerprint density at radius 1 is 0.636 bits per heavy atom. The molecule has 107 valence electrons. The molecule has 3 heteroatoms. The van der Waals surface area contributed by atoms with Gasteiger partial charge in [-0.1, -0.05) is 42.5 Å². The van der Waals surface area contributed by atoms with Gasteiger partial charge in [-0.25, -0.2) is 0 Å². The summed E-state index contributed by atoms with van der Waals surface area (Å²) in [5.41, 5.74) is 0.317. The zero-order chi connectivity index (χ0) is 15.2. The molecule has 0 amide bonds. The largest absolute Gasteiger partial charge is 0.453 e. The first-order valence-corrected chi connectivity index (χ1v) is 6.84. The van der Waals surface area contributed by atoms with Crippen molar-refractivity contribution < 1.29 is 14.3 Å². The second-order valence-corrected chi connectivity index (χ2v) is 4.57. The first-order chi connectivity index (χ1) is 10.9. The molecule has 3 nitrogen and oxygen atoms in total. The lowest BCUT2D eigenvalue weighted by Crippen LogP contribution is -1.95. The number of carbonyl (C=O) groups excluding carboxylic acids is 1. The molecule has 0 spiro atoms. The lowest BCUT2D eigenvalue weighted by Gasteiger charge is -2.13. The van der Waals surface area contributed by atoms with Gasteiger partial charge in [-0.2, -0.15) is 0 Å². The number of ether oxygens (including phenoxy) is 2. The third kappa shape index (κ3) is 3.15. The highest BCUT2D eigenvalue weighted by molar-refractivity contribution is 5.82. The van der Waals surface area contributed by atoms with Crippen LogP contribution < -0.4 is 9.47 Å². The molecule has 0 saturated carbocycles. The van der Waals surface area contributed by atoms with E-state index in [0.717, 1.165) is 0 Å². The Morgan fingerprint density at radius 2 is 1.23 bits per heavy atom. The predicted molar refractivity (Wildman–Crippen MR) is 84.3 cm³/mol. The summed E-state index contributed by atoms with van der Waals surface area (Å²) >= 11 is 0. The van der Waals surface area contributed by atoms with Crippen molar-refractivity contribution in [1.29, 1.82) is 0 Å². The fourth-order valence-electron chi connectivity index (χ4n) is 2.00. The Hall–Kier alpha value is -3.07. The molecule has 0 fully saturated rings. The molecule has 3 aromatic carbocycles. The lowest BCUT2D eigenvalue weighted by molar-refractivity contribution is 0.417. The Kier molecular flexibility index (Phi) is 4.16. The van der Waals surface area contributed by atoms with Crippen molar-refractivity contribution in [1.82, 2.24) is 0 Å². The van der Waals surface area contributed by atoms with E-state index in [1.807, 2.05) is 66.9 Å². The molecule has 0 aromatic heterocycles. The van der Waals surface area contributed by atoms with Crippen LogP contribution in [0.3, 0.4) is 0 Å². The van der Waals surface area contributed by atoms with Gasteiger partial charge in [0, 0.05) is 0 Å². The average Bonchev–Trinajstić information content (AvgIpc) is 2.58. The molecule has 0 heterocycles. The summed E-state index contributed by atoms with van der Waals surface area (Å²) in [5, 5.41) is 0. The zero-order valence-corrected chi connectivity index (χ0v) is 11.7. The summed E-state index contributed by atoms with van der Waals surface area (Å²) in [6, 6.07) is 23.7. The molecule has 3 aromatic rings. The molecule has 0 aliphatic carbocycles. The highest BCUT2D eigenvalue weighted by atomic mass is 16.5. The maximum Gasteiger partial charge on any atom is 0.237 e. The van der Waals surface area contributed by atoms with Crippen LogP contribution in [0.2, 0.25) is 0 Å². The number of benzene rings is 3. The number of rotatable bonds is 5. The van der Waals surface area contributed by atoms with E-state index < -0.39 is 0 Å². The van der Waals surface area contributed by atoms with E-state index in [1.54, 1.807) is 18.2 Å². The van der Waals surface area contributed by atoms with Crippen molar-refractivity contribution in [3.05, 3.63) is 84.4 Å². The van der Waals surface area contributed by atoms with Crippen LogP contribution in [0.1, 0.15) is 5.56 Å². The quantitative estimate of drug-likeness (QED) is 0.681. The molecule has 0 atom stereocenters. The van der Waals surface area contributed by atoms with Gasteiger partial charge < -0.3 is 9.47 Å². The van der Waals surface area contributed by atoms with Crippen LogP contribution >= 0.6 is 0 Å². The Balaban J connectivity index is 1.97. The first kappa shape index (κ1) is 13.9. The fourth-order valence-corrected chi connectivity index (χ4v) is 2.00. The minimum absolute atomic E-state index is 0.317. The van der Waals surface area contributed by atoms with Crippen LogP contribution in [0.5, 0.6) is 23.0 Å². The predicted octanol–water partition coefficient (Wildman–Crippen LogP) is 4.73. The topological polar surface area (TPSA) is 35.5 Å². The molecule has 22 heavy (non-hydrogen) atoms. The molecule has 0 N–H and O–H groups in total. The maximum absolute atomic E-state index is 11.2. The van der Waals surface area contributed by atoms with E-state index >= 15 is 0 Å². The van der Waals surface area contributed by atoms with Gasteiger partial charge in [0.05, 0.1) is 5.56 Å². The van der Waals surface area contributed by atoms with Crippen LogP contribution in [0.25, 0.3) is 0 Å². The van der Waals surface area contributed by atoms with Crippen molar-refractivity contribution in [2.45, 2.75) is 0 Å². The maximum atomic E-state index is 11.2. The second kappa shape index (κ2) is 6.59. The van der Waals surface area contributed by atoms with E-state index in [9.17, 15) is 4.79 Å². The van der Waals surface area contributed by atoms with Crippen molar-refractivity contribution >= 4 is 6.29 Å². The fraction of sp³-hybridized carbons (Fsp3) is 0. The summed E-state index contributed by atoms with van der Waals surface area (Å²) < 4.78 is 11.6. The molecule has 0 aliphatic heterocycles. The van der Waals surface area contributed by atoms with E-state index in [0.29, 0.717) is 28.6 Å². The molecule has 1 radical (unpaired) electrons. The van der Waals surface area contributed by atoms with Gasteiger partial charge in [0.25, 0.3) is 0 Å². The molecular weight excluding hydrogens is 276 g/mol. The molecular formula is C19H13O3. The van der Waals surface area contributed by atoms with Crippen LogP contribution in [-0.2, 0) is 4.79 Å². The number of para-hydroxylation sites is 3. The van der Waals surface area contributed by atoms with Gasteiger partial charge in [-0.3, -0.25) is 4.79 Å². The molecule has 3 rings (SSSR count). The summed E-state index contributed by atoms with van der Waals surface area (Å²) in [4.78, 5) is 11.2. The van der Waals surface area contributed by atoms with Crippen molar-refractivity contribution in [3.8, 4) is 23.0 Å². The number of hydrogen-bond acceptors (Lipinski definition) is 3. The lowest BCUT2D eigenvalue weighted by atomic mass is 10.2. The van der Waals surface area contributed by atoms with Crippen LogP contribution in [0.4, 0.5) is 0 Å². The van der Waals surface area contributed by atoms with Gasteiger partial charge in [-0.05, 0) is 36.4 Å². The third-order valence-electron chi connectivity index (χ3n) is 3.02. The van der Waals surface area contributed by atoms with Crippen LogP contribution in [-0.4, -0.2) is 6.29 Å². The van der Waals surface area contributed by atoms with Crippen LogP contribution in [0.15, 0.2) is 78.9 Å². The minimum Gasteiger partial charge on any atom is -0.453 e. The van der Waals surface area contributed by atoms with Gasteiger partial charge in [-0.15, -0.1) is 0 Å². The SMILES string of the molecule is O=[C]c1cccc(Oc2ccccc2)c1Oc1ccccc1. The van der Waals surface area contributed by atoms with Crippen molar-refractivity contribution in [2.24, 2.45) is 0 Å². The highest BCUT2D eigenvalue weighted by Crippen LogP contribution is 2.36. The first-order valence-electron chi connectivity index (χ1n) is 6.84. The van der Waals surface area contributed by atoms with E-state index in [2.05, 4.69) is 0 Å². The monoisotopic (exact) mass is 289 g/mol. The zero-order valence-electron chi connectivity index (χ0n) is 11.7. The Labute approximate surface area is 128 Å². The second-order valence-electron chi connectivity index (χ2n) is 4.57. The third-order valence-corrected chi connectivity index (χ3v) is 3.02. The van der Waals surface area contributed by atoms with E-state index in [-0.39, 0.29) is 0 Å². The van der Waals surface area contributed by atoms with Gasteiger partial charge >= 0.3 is 0 Å². The molecule has 0 unspecified atom stereocenters. The number of hydrogen-bond donors (Lipinski definition) is 0. The summed E-state index contributed by atoms with van der Waals surface area (Å²) in [6.45, 7) is 0. The summed E-state index contributed by atoms with van der Waals surface area (Å²) in [7, 11) is 0. The van der Waals surface area contributed by atoms with Crippen molar-refractivity contribution in [2.75, 3.05) is 0 Å². The van der Waals surface area contributed by atoms with Gasteiger partial charge in [0.15, 0.2) is 11.5 Å². The summed E-state index contributed by atoms with van der Waals surface area (Å²) in [6.07, 6.45) is 1.89. The standard InChI is InChI=1S/C19H13O3/c20-14-15-8-7-13-18(21-16-9-3-1-4-10-16)19(15)22-17-11-5-2-6-12-17/h1-13H. The smallest absolute Gasteiger partial charge is 0.237 e. The molecule has 0 aliphatic rings. The minimum atomic E-state index is 0.317. The van der Waals surface area contributed by atoms with Gasteiger partial charge in [0.2, 0.25) is 6.29 Å². The highest BCUT2D eigenvalue weighted by Gasteiger charge is 2.13. The summed E-state index contributed by atoms with van der Waals surface area (Å²) in [5.74, 6) is 2.12.